The van der Waals surface area contributed by atoms with E-state index >= 15 is 0 Å². The molecule has 3 heteroatoms. The Labute approximate surface area is 83.0 Å². The first-order valence-electron chi connectivity index (χ1n) is 4.56. The van der Waals surface area contributed by atoms with Gasteiger partial charge in [-0.2, -0.15) is 5.10 Å². The average molecular weight is 188 g/mol. The van der Waals surface area contributed by atoms with Gasteiger partial charge in [-0.1, -0.05) is 24.3 Å². The van der Waals surface area contributed by atoms with Crippen LogP contribution in [0.4, 0.5) is 0 Å². The number of hydrogen-bond acceptors (Lipinski definition) is 3. The van der Waals surface area contributed by atoms with Gasteiger partial charge in [0.25, 0.3) is 0 Å². The SMILES string of the molecule is CC=C(O)N1Cc2ccccc2C=N1. The summed E-state index contributed by atoms with van der Waals surface area (Å²) in [6.45, 7) is 2.41. The molecule has 0 amide bonds. The smallest absolute Gasteiger partial charge is 0.203 e. The molecule has 0 saturated heterocycles. The third kappa shape index (κ3) is 1.48. The van der Waals surface area contributed by atoms with Crippen LogP contribution in [0.5, 0.6) is 0 Å². The minimum absolute atomic E-state index is 0.191. The van der Waals surface area contributed by atoms with Crippen LogP contribution in [-0.4, -0.2) is 16.3 Å². The third-order valence-electron chi connectivity index (χ3n) is 2.23. The molecule has 0 fully saturated rings. The van der Waals surface area contributed by atoms with E-state index in [1.165, 1.54) is 5.56 Å². The van der Waals surface area contributed by atoms with E-state index in [1.54, 1.807) is 24.2 Å². The Morgan fingerprint density at radius 1 is 1.50 bits per heavy atom. The van der Waals surface area contributed by atoms with Crippen molar-refractivity contribution in [2.45, 2.75) is 13.5 Å². The van der Waals surface area contributed by atoms with Crippen molar-refractivity contribution < 1.29 is 5.11 Å². The molecule has 0 unspecified atom stereocenters. The molecule has 1 aromatic carbocycles. The van der Waals surface area contributed by atoms with Crippen LogP contribution < -0.4 is 0 Å². The van der Waals surface area contributed by atoms with E-state index in [0.29, 0.717) is 6.54 Å². The van der Waals surface area contributed by atoms with Gasteiger partial charge in [0.2, 0.25) is 5.88 Å². The minimum Gasteiger partial charge on any atom is -0.494 e. The molecule has 1 heterocycles. The first kappa shape index (κ1) is 8.81. The second-order valence-corrected chi connectivity index (χ2v) is 3.15. The lowest BCUT2D eigenvalue weighted by molar-refractivity contribution is 0.198. The highest BCUT2D eigenvalue weighted by molar-refractivity contribution is 5.82. The Hall–Kier alpha value is -1.77. The van der Waals surface area contributed by atoms with Crippen LogP contribution >= 0.6 is 0 Å². The summed E-state index contributed by atoms with van der Waals surface area (Å²) in [7, 11) is 0. The molecule has 0 atom stereocenters. The van der Waals surface area contributed by atoms with Crippen molar-refractivity contribution in [3.05, 3.63) is 47.4 Å². The second-order valence-electron chi connectivity index (χ2n) is 3.15. The summed E-state index contributed by atoms with van der Waals surface area (Å²) < 4.78 is 0. The largest absolute Gasteiger partial charge is 0.494 e. The lowest BCUT2D eigenvalue weighted by Gasteiger charge is -2.22. The highest BCUT2D eigenvalue weighted by atomic mass is 16.3. The average Bonchev–Trinajstić information content (AvgIpc) is 2.27. The zero-order valence-electron chi connectivity index (χ0n) is 8.01. The highest BCUT2D eigenvalue weighted by Gasteiger charge is 2.12. The Morgan fingerprint density at radius 3 is 3.07 bits per heavy atom. The molecule has 14 heavy (non-hydrogen) atoms. The van der Waals surface area contributed by atoms with Crippen LogP contribution in [0.3, 0.4) is 0 Å². The van der Waals surface area contributed by atoms with Crippen molar-refractivity contribution in [2.24, 2.45) is 5.10 Å². The summed E-state index contributed by atoms with van der Waals surface area (Å²) in [5.41, 5.74) is 2.29. The monoisotopic (exact) mass is 188 g/mol. The Bertz CT molecular complexity index is 396. The minimum atomic E-state index is 0.191. The van der Waals surface area contributed by atoms with Crippen LogP contribution in [0, 0.1) is 0 Å². The van der Waals surface area contributed by atoms with Gasteiger partial charge >= 0.3 is 0 Å². The highest BCUT2D eigenvalue weighted by Crippen LogP contribution is 2.17. The summed E-state index contributed by atoms with van der Waals surface area (Å²) >= 11 is 0. The first-order chi connectivity index (χ1) is 6.81. The number of benzene rings is 1. The van der Waals surface area contributed by atoms with Crippen LogP contribution in [-0.2, 0) is 6.54 Å². The Morgan fingerprint density at radius 2 is 2.29 bits per heavy atom. The van der Waals surface area contributed by atoms with Gasteiger partial charge in [0.15, 0.2) is 0 Å². The Balaban J connectivity index is 2.30. The van der Waals surface area contributed by atoms with Gasteiger partial charge in [0.05, 0.1) is 12.8 Å². The van der Waals surface area contributed by atoms with Gasteiger partial charge in [-0.15, -0.1) is 0 Å². The maximum atomic E-state index is 9.48. The molecule has 0 aromatic heterocycles. The third-order valence-corrected chi connectivity index (χ3v) is 2.23. The van der Waals surface area contributed by atoms with Gasteiger partial charge in [0, 0.05) is 0 Å². The van der Waals surface area contributed by atoms with Crippen molar-refractivity contribution in [1.82, 2.24) is 5.01 Å². The number of allylic oxidation sites excluding steroid dienone is 1. The normalized spacial score (nSPS) is 15.5. The lowest BCUT2D eigenvalue weighted by atomic mass is 10.1. The molecular weight excluding hydrogens is 176 g/mol. The summed E-state index contributed by atoms with van der Waals surface area (Å²) in [5.74, 6) is 0.191. The van der Waals surface area contributed by atoms with Gasteiger partial charge < -0.3 is 5.11 Å². The number of fused-ring (bicyclic) bond motifs is 1. The van der Waals surface area contributed by atoms with E-state index in [9.17, 15) is 5.11 Å². The molecule has 72 valence electrons. The molecule has 3 nitrogen and oxygen atoms in total. The fourth-order valence-electron chi connectivity index (χ4n) is 1.43. The fourth-order valence-corrected chi connectivity index (χ4v) is 1.43. The summed E-state index contributed by atoms with van der Waals surface area (Å²) in [5, 5.41) is 15.2. The van der Waals surface area contributed by atoms with Crippen LogP contribution in [0.2, 0.25) is 0 Å². The number of hydrogen-bond donors (Lipinski definition) is 1. The number of hydrazone groups is 1. The maximum Gasteiger partial charge on any atom is 0.203 e. The van der Waals surface area contributed by atoms with E-state index in [4.69, 9.17) is 0 Å². The molecule has 1 aromatic rings. The van der Waals surface area contributed by atoms with Crippen molar-refractivity contribution in [3.8, 4) is 0 Å². The van der Waals surface area contributed by atoms with Crippen molar-refractivity contribution >= 4 is 6.21 Å². The van der Waals surface area contributed by atoms with Gasteiger partial charge in [-0.25, -0.2) is 5.01 Å². The second kappa shape index (κ2) is 3.54. The van der Waals surface area contributed by atoms with Crippen LogP contribution in [0.15, 0.2) is 41.3 Å². The quantitative estimate of drug-likeness (QED) is 0.686. The number of nitrogens with zero attached hydrogens (tertiary/aromatic N) is 2. The molecule has 0 aliphatic carbocycles. The predicted octanol–water partition coefficient (Wildman–Crippen LogP) is 2.26. The van der Waals surface area contributed by atoms with Gasteiger partial charge in [-0.05, 0) is 24.1 Å². The van der Waals surface area contributed by atoms with Crippen molar-refractivity contribution in [1.29, 1.82) is 0 Å². The molecular formula is C11H12N2O. The van der Waals surface area contributed by atoms with E-state index in [1.807, 2.05) is 24.3 Å². The molecule has 0 spiro atoms. The molecule has 0 bridgehead atoms. The predicted molar refractivity (Wildman–Crippen MR) is 56.0 cm³/mol. The summed E-state index contributed by atoms with van der Waals surface area (Å²) in [4.78, 5) is 0. The summed E-state index contributed by atoms with van der Waals surface area (Å²) in [6, 6.07) is 8.03. The molecule has 1 aliphatic rings. The van der Waals surface area contributed by atoms with Gasteiger partial charge in [0.1, 0.15) is 0 Å². The molecule has 0 saturated carbocycles. The van der Waals surface area contributed by atoms with E-state index in [0.717, 1.165) is 5.56 Å². The molecule has 1 aliphatic heterocycles. The Kier molecular flexibility index (Phi) is 2.23. The standard InChI is InChI=1S/C11H12N2O/c1-2-11(14)13-8-10-6-4-3-5-9(10)7-12-13/h2-7,14H,8H2,1H3. The maximum absolute atomic E-state index is 9.48. The lowest BCUT2D eigenvalue weighted by Crippen LogP contribution is -2.20. The van der Waals surface area contributed by atoms with Crippen LogP contribution in [0.25, 0.3) is 0 Å². The van der Waals surface area contributed by atoms with Gasteiger partial charge in [-0.3, -0.25) is 0 Å². The van der Waals surface area contributed by atoms with E-state index < -0.39 is 0 Å². The number of aliphatic hydroxyl groups excluding tert-OH is 1. The van der Waals surface area contributed by atoms with Crippen LogP contribution in [0.1, 0.15) is 18.1 Å². The molecule has 1 N–H and O–H groups in total. The summed E-state index contributed by atoms with van der Waals surface area (Å²) in [6.07, 6.45) is 3.39. The van der Waals surface area contributed by atoms with Crippen molar-refractivity contribution in [2.75, 3.05) is 0 Å². The first-order valence-corrected chi connectivity index (χ1v) is 4.56. The van der Waals surface area contributed by atoms with E-state index in [2.05, 4.69) is 5.10 Å². The zero-order chi connectivity index (χ0) is 9.97. The van der Waals surface area contributed by atoms with E-state index in [-0.39, 0.29) is 5.88 Å². The van der Waals surface area contributed by atoms with Crippen molar-refractivity contribution in [3.63, 3.8) is 0 Å². The number of aliphatic hydroxyl groups is 1. The zero-order valence-corrected chi connectivity index (χ0v) is 8.01. The molecule has 0 radical (unpaired) electrons. The fraction of sp³-hybridized carbons (Fsp3) is 0.182. The molecule has 2 rings (SSSR count). The topological polar surface area (TPSA) is 35.8 Å². The number of rotatable bonds is 1.